The average Bonchev–Trinajstić information content (AvgIpc) is 2.76. The zero-order chi connectivity index (χ0) is 12.3. The van der Waals surface area contributed by atoms with Crippen molar-refractivity contribution < 1.29 is 9.53 Å². The van der Waals surface area contributed by atoms with Gasteiger partial charge >= 0.3 is 0 Å². The Morgan fingerprint density at radius 3 is 2.94 bits per heavy atom. The van der Waals surface area contributed by atoms with E-state index in [-0.39, 0.29) is 5.78 Å². The molecule has 2 rings (SSSR count). The lowest BCUT2D eigenvalue weighted by Crippen LogP contribution is -2.08. The third-order valence-corrected chi connectivity index (χ3v) is 2.60. The van der Waals surface area contributed by atoms with Crippen molar-refractivity contribution in [2.24, 2.45) is 7.05 Å². The van der Waals surface area contributed by atoms with E-state index in [1.165, 1.54) is 0 Å². The lowest BCUT2D eigenvalue weighted by Gasteiger charge is -2.04. The summed E-state index contributed by atoms with van der Waals surface area (Å²) >= 11 is 0. The number of methoxy groups -OCH3 is 1. The largest absolute Gasteiger partial charge is 0.497 e. The highest BCUT2D eigenvalue weighted by Crippen LogP contribution is 2.14. The zero-order valence-corrected chi connectivity index (χ0v) is 9.88. The molecule has 0 unspecified atom stereocenters. The summed E-state index contributed by atoms with van der Waals surface area (Å²) in [5, 5.41) is 0. The van der Waals surface area contributed by atoms with Crippen LogP contribution < -0.4 is 4.74 Å². The number of imidazole rings is 1. The molecule has 0 saturated heterocycles. The Kier molecular flexibility index (Phi) is 3.23. The fourth-order valence-electron chi connectivity index (χ4n) is 1.68. The molecule has 17 heavy (non-hydrogen) atoms. The Bertz CT molecular complexity index is 532. The van der Waals surface area contributed by atoms with Gasteiger partial charge in [0.2, 0.25) is 0 Å². The Balaban J connectivity index is 2.16. The topological polar surface area (TPSA) is 44.1 Å². The van der Waals surface area contributed by atoms with Crippen LogP contribution in [0, 0.1) is 0 Å². The number of carbonyl (C=O) groups excluding carboxylic acids is 1. The standard InChI is InChI=1S/C13H14N2O2/c1-15-9-14-8-12(15)13(16)7-10-4-3-5-11(6-10)17-2/h3-6,8-9H,7H2,1-2H3. The first-order chi connectivity index (χ1) is 8.20. The molecule has 2 aromatic rings. The van der Waals surface area contributed by atoms with E-state index >= 15 is 0 Å². The van der Waals surface area contributed by atoms with Crippen molar-refractivity contribution in [3.63, 3.8) is 0 Å². The van der Waals surface area contributed by atoms with Gasteiger partial charge in [-0.05, 0) is 17.7 Å². The molecule has 88 valence electrons. The van der Waals surface area contributed by atoms with Gasteiger partial charge in [0.15, 0.2) is 5.78 Å². The molecule has 1 aromatic carbocycles. The van der Waals surface area contributed by atoms with Crippen LogP contribution >= 0.6 is 0 Å². The van der Waals surface area contributed by atoms with Crippen molar-refractivity contribution in [1.82, 2.24) is 9.55 Å². The molecule has 0 fully saturated rings. The number of benzene rings is 1. The normalized spacial score (nSPS) is 10.2. The fraction of sp³-hybridized carbons (Fsp3) is 0.231. The van der Waals surface area contributed by atoms with Crippen LogP contribution in [0.4, 0.5) is 0 Å². The van der Waals surface area contributed by atoms with E-state index in [0.717, 1.165) is 11.3 Å². The molecular formula is C13H14N2O2. The second-order valence-corrected chi connectivity index (χ2v) is 3.84. The third-order valence-electron chi connectivity index (χ3n) is 2.60. The number of ether oxygens (including phenoxy) is 1. The zero-order valence-electron chi connectivity index (χ0n) is 9.88. The molecule has 0 bridgehead atoms. The number of carbonyl (C=O) groups is 1. The van der Waals surface area contributed by atoms with Crippen LogP contribution in [-0.4, -0.2) is 22.4 Å². The van der Waals surface area contributed by atoms with E-state index in [0.29, 0.717) is 12.1 Å². The van der Waals surface area contributed by atoms with Crippen molar-refractivity contribution in [2.45, 2.75) is 6.42 Å². The van der Waals surface area contributed by atoms with Crippen LogP contribution in [0.5, 0.6) is 5.75 Å². The molecule has 0 aliphatic rings. The van der Waals surface area contributed by atoms with Crippen molar-refractivity contribution in [3.8, 4) is 5.75 Å². The van der Waals surface area contributed by atoms with E-state index in [2.05, 4.69) is 4.98 Å². The second-order valence-electron chi connectivity index (χ2n) is 3.84. The minimum absolute atomic E-state index is 0.0539. The summed E-state index contributed by atoms with van der Waals surface area (Å²) < 4.78 is 6.85. The first-order valence-corrected chi connectivity index (χ1v) is 5.33. The van der Waals surface area contributed by atoms with Crippen LogP contribution in [0.25, 0.3) is 0 Å². The average molecular weight is 230 g/mol. The molecule has 1 aromatic heterocycles. The summed E-state index contributed by atoms with van der Waals surface area (Å²) in [5.74, 6) is 0.818. The van der Waals surface area contributed by atoms with E-state index in [1.54, 1.807) is 24.2 Å². The molecule has 0 radical (unpaired) electrons. The van der Waals surface area contributed by atoms with Crippen molar-refractivity contribution in [2.75, 3.05) is 7.11 Å². The molecule has 0 aliphatic carbocycles. The Labute approximate surface area is 99.9 Å². The molecule has 4 heteroatoms. The van der Waals surface area contributed by atoms with Gasteiger partial charge < -0.3 is 9.30 Å². The second kappa shape index (κ2) is 4.82. The minimum atomic E-state index is 0.0539. The van der Waals surface area contributed by atoms with E-state index in [9.17, 15) is 4.79 Å². The van der Waals surface area contributed by atoms with Crippen LogP contribution in [-0.2, 0) is 13.5 Å². The number of hydrogen-bond donors (Lipinski definition) is 0. The molecule has 0 aliphatic heterocycles. The first-order valence-electron chi connectivity index (χ1n) is 5.33. The predicted molar refractivity (Wildman–Crippen MR) is 64.2 cm³/mol. The number of hydrogen-bond acceptors (Lipinski definition) is 3. The highest BCUT2D eigenvalue weighted by atomic mass is 16.5. The summed E-state index contributed by atoms with van der Waals surface area (Å²) in [5.41, 5.74) is 1.56. The molecule has 0 N–H and O–H groups in total. The van der Waals surface area contributed by atoms with Crippen LogP contribution in [0.1, 0.15) is 16.1 Å². The van der Waals surface area contributed by atoms with Gasteiger partial charge in [-0.3, -0.25) is 4.79 Å². The SMILES string of the molecule is COc1cccc(CC(=O)c2cncn2C)c1. The lowest BCUT2D eigenvalue weighted by atomic mass is 10.1. The first kappa shape index (κ1) is 11.4. The molecule has 0 atom stereocenters. The summed E-state index contributed by atoms with van der Waals surface area (Å²) in [6, 6.07) is 7.52. The molecular weight excluding hydrogens is 216 g/mol. The monoisotopic (exact) mass is 230 g/mol. The summed E-state index contributed by atoms with van der Waals surface area (Å²) in [4.78, 5) is 15.9. The Morgan fingerprint density at radius 1 is 1.47 bits per heavy atom. The molecule has 0 amide bonds. The van der Waals surface area contributed by atoms with Gasteiger partial charge in [-0.1, -0.05) is 12.1 Å². The van der Waals surface area contributed by atoms with Gasteiger partial charge in [-0.2, -0.15) is 0 Å². The minimum Gasteiger partial charge on any atom is -0.497 e. The van der Waals surface area contributed by atoms with E-state index < -0.39 is 0 Å². The van der Waals surface area contributed by atoms with Gasteiger partial charge in [-0.25, -0.2) is 4.98 Å². The quantitative estimate of drug-likeness (QED) is 0.753. The van der Waals surface area contributed by atoms with Crippen LogP contribution in [0.3, 0.4) is 0 Å². The number of rotatable bonds is 4. The highest BCUT2D eigenvalue weighted by molar-refractivity contribution is 5.95. The summed E-state index contributed by atoms with van der Waals surface area (Å²) in [6.45, 7) is 0. The molecule has 0 saturated carbocycles. The number of nitrogens with zero attached hydrogens (tertiary/aromatic N) is 2. The third kappa shape index (κ3) is 2.53. The number of Topliss-reactive ketones (excluding diaryl/α,β-unsaturated/α-hetero) is 1. The maximum atomic E-state index is 12.0. The predicted octanol–water partition coefficient (Wildman–Crippen LogP) is 1.85. The Hall–Kier alpha value is -2.10. The molecule has 1 heterocycles. The van der Waals surface area contributed by atoms with Gasteiger partial charge in [0, 0.05) is 13.5 Å². The maximum absolute atomic E-state index is 12.0. The van der Waals surface area contributed by atoms with Crippen LogP contribution in [0.2, 0.25) is 0 Å². The number of ketones is 1. The van der Waals surface area contributed by atoms with Gasteiger partial charge in [0.1, 0.15) is 11.4 Å². The molecule has 4 nitrogen and oxygen atoms in total. The summed E-state index contributed by atoms with van der Waals surface area (Å²) in [7, 11) is 3.42. The summed E-state index contributed by atoms with van der Waals surface area (Å²) in [6.07, 6.45) is 3.57. The van der Waals surface area contributed by atoms with Crippen molar-refractivity contribution in [1.29, 1.82) is 0 Å². The highest BCUT2D eigenvalue weighted by Gasteiger charge is 2.10. The fourth-order valence-corrected chi connectivity index (χ4v) is 1.68. The van der Waals surface area contributed by atoms with Crippen LogP contribution in [0.15, 0.2) is 36.8 Å². The lowest BCUT2D eigenvalue weighted by molar-refractivity contribution is 0.0985. The van der Waals surface area contributed by atoms with E-state index in [4.69, 9.17) is 4.74 Å². The van der Waals surface area contributed by atoms with Gasteiger partial charge in [0.05, 0.1) is 19.6 Å². The molecule has 0 spiro atoms. The van der Waals surface area contributed by atoms with Crippen molar-refractivity contribution in [3.05, 3.63) is 48.0 Å². The number of aromatic nitrogens is 2. The van der Waals surface area contributed by atoms with Crippen molar-refractivity contribution >= 4 is 5.78 Å². The van der Waals surface area contributed by atoms with Gasteiger partial charge in [0.25, 0.3) is 0 Å². The maximum Gasteiger partial charge on any atom is 0.185 e. The number of aryl methyl sites for hydroxylation is 1. The van der Waals surface area contributed by atoms with Gasteiger partial charge in [-0.15, -0.1) is 0 Å². The van der Waals surface area contributed by atoms with E-state index in [1.807, 2.05) is 31.3 Å². The Morgan fingerprint density at radius 2 is 2.29 bits per heavy atom. The smallest absolute Gasteiger partial charge is 0.185 e.